The van der Waals surface area contributed by atoms with Crippen molar-refractivity contribution in [1.82, 2.24) is 10.2 Å². The Morgan fingerprint density at radius 3 is 2.60 bits per heavy atom. The highest BCUT2D eigenvalue weighted by Gasteiger charge is 2.52. The van der Waals surface area contributed by atoms with Gasteiger partial charge in [-0.3, -0.25) is 9.59 Å². The Bertz CT molecular complexity index is 834. The van der Waals surface area contributed by atoms with Crippen LogP contribution in [0.5, 0.6) is 0 Å². The summed E-state index contributed by atoms with van der Waals surface area (Å²) >= 11 is 0. The molecule has 2 fully saturated rings. The van der Waals surface area contributed by atoms with Gasteiger partial charge in [0.2, 0.25) is 5.91 Å². The molecule has 1 aliphatic carbocycles. The molecule has 35 heavy (non-hydrogen) atoms. The van der Waals surface area contributed by atoms with Gasteiger partial charge >= 0.3 is 18.1 Å². The van der Waals surface area contributed by atoms with Crippen LogP contribution in [0.15, 0.2) is 24.5 Å². The number of aliphatic hydroxyl groups is 1. The predicted octanol–water partition coefficient (Wildman–Crippen LogP) is 1.85. The number of rotatable bonds is 13. The molecule has 0 bridgehead atoms. The predicted molar refractivity (Wildman–Crippen MR) is 120 cm³/mol. The minimum absolute atomic E-state index is 0.0913. The first kappa shape index (κ1) is 28.6. The summed E-state index contributed by atoms with van der Waals surface area (Å²) in [6.45, 7) is 5.88. The highest BCUT2D eigenvalue weighted by atomic mass is 19.4. The van der Waals surface area contributed by atoms with Crippen LogP contribution in [0.4, 0.5) is 13.2 Å². The molecular formula is C23H34F3N3O6. The number of β-amino-alcohol motifs (C(OH)–C–C–N with tert-alkyl or cyclic N) is 1. The number of hydrogen-bond donors (Lipinski definition) is 4. The van der Waals surface area contributed by atoms with Gasteiger partial charge in [-0.25, -0.2) is 4.79 Å². The topological polar surface area (TPSA) is 142 Å². The second kappa shape index (κ2) is 11.9. The Morgan fingerprint density at radius 2 is 2.00 bits per heavy atom. The van der Waals surface area contributed by atoms with E-state index in [1.165, 1.54) is 0 Å². The first-order valence-corrected chi connectivity index (χ1v) is 11.7. The second-order valence-corrected chi connectivity index (χ2v) is 9.03. The maximum atomic E-state index is 12.8. The Labute approximate surface area is 202 Å². The lowest BCUT2D eigenvalue weighted by molar-refractivity contribution is -0.175. The number of nitrogens with one attached hydrogen (secondary N) is 1. The van der Waals surface area contributed by atoms with Gasteiger partial charge in [-0.05, 0) is 32.6 Å². The quantitative estimate of drug-likeness (QED) is 0.170. The fourth-order valence-corrected chi connectivity index (χ4v) is 4.21. The number of hydrogen-bond acceptors (Lipinski definition) is 6. The Hall–Kier alpha value is -2.60. The third-order valence-corrected chi connectivity index (χ3v) is 6.34. The van der Waals surface area contributed by atoms with E-state index in [4.69, 9.17) is 10.5 Å². The van der Waals surface area contributed by atoms with Gasteiger partial charge < -0.3 is 30.9 Å². The summed E-state index contributed by atoms with van der Waals surface area (Å²) in [7, 11) is 0. The molecule has 5 N–H and O–H groups in total. The molecule has 0 aromatic heterocycles. The molecule has 2 rings (SSSR count). The molecule has 2 amide bonds. The average Bonchev–Trinajstić information content (AvgIpc) is 3.27. The fraction of sp³-hybridized carbons (Fsp3) is 0.696. The third kappa shape index (κ3) is 7.69. The lowest BCUT2D eigenvalue weighted by Crippen LogP contribution is -2.54. The minimum atomic E-state index is -5.19. The number of amides is 2. The molecule has 0 unspecified atom stereocenters. The van der Waals surface area contributed by atoms with E-state index in [2.05, 4.69) is 6.58 Å². The molecule has 1 saturated carbocycles. The van der Waals surface area contributed by atoms with E-state index in [0.717, 1.165) is 11.3 Å². The second-order valence-electron chi connectivity index (χ2n) is 9.03. The average molecular weight is 506 g/mol. The van der Waals surface area contributed by atoms with E-state index in [0.29, 0.717) is 38.0 Å². The maximum Gasteiger partial charge on any atom is 0.471 e. The molecule has 12 heteroatoms. The van der Waals surface area contributed by atoms with Crippen molar-refractivity contribution >= 4 is 17.8 Å². The lowest BCUT2D eigenvalue weighted by atomic mass is 10.0. The summed E-state index contributed by atoms with van der Waals surface area (Å²) in [5.41, 5.74) is 5.68. The number of alkyl halides is 3. The Kier molecular flexibility index (Phi) is 9.73. The van der Waals surface area contributed by atoms with Crippen LogP contribution in [-0.2, 0) is 19.1 Å². The number of carbonyl (C=O) groups is 3. The molecule has 5 atom stereocenters. The fourth-order valence-electron chi connectivity index (χ4n) is 4.21. The minimum Gasteiger partial charge on any atom is -0.497 e. The van der Waals surface area contributed by atoms with Gasteiger partial charge in [-0.2, -0.15) is 13.2 Å². The first-order chi connectivity index (χ1) is 16.3. The molecule has 1 saturated heterocycles. The van der Waals surface area contributed by atoms with E-state index < -0.39 is 47.7 Å². The van der Waals surface area contributed by atoms with Crippen molar-refractivity contribution in [2.75, 3.05) is 13.2 Å². The van der Waals surface area contributed by atoms with E-state index >= 15 is 0 Å². The normalized spacial score (nSPS) is 27.0. The molecule has 0 aromatic carbocycles. The van der Waals surface area contributed by atoms with Crippen molar-refractivity contribution < 1.29 is 42.5 Å². The van der Waals surface area contributed by atoms with Crippen LogP contribution in [0, 0.1) is 5.92 Å². The zero-order chi connectivity index (χ0) is 26.4. The molecule has 1 aliphatic heterocycles. The highest BCUT2D eigenvalue weighted by molar-refractivity contribution is 5.92. The number of nitrogens with zero attached hydrogens (tertiary/aromatic N) is 1. The van der Waals surface area contributed by atoms with Gasteiger partial charge in [0.15, 0.2) is 0 Å². The van der Waals surface area contributed by atoms with Crippen molar-refractivity contribution in [1.29, 1.82) is 0 Å². The molecule has 0 radical (unpaired) electrons. The highest BCUT2D eigenvalue weighted by Crippen LogP contribution is 2.47. The number of carbonyl (C=O) groups excluding carboxylic acids is 2. The number of carboxylic acids is 1. The van der Waals surface area contributed by atoms with Crippen LogP contribution in [0.2, 0.25) is 0 Å². The van der Waals surface area contributed by atoms with Crippen molar-refractivity contribution in [3.8, 4) is 0 Å². The van der Waals surface area contributed by atoms with Crippen LogP contribution in [-0.4, -0.2) is 76.0 Å². The van der Waals surface area contributed by atoms with E-state index in [1.54, 1.807) is 5.32 Å². The Balaban J connectivity index is 1.86. The number of halogens is 3. The van der Waals surface area contributed by atoms with Crippen LogP contribution in [0.25, 0.3) is 0 Å². The molecule has 198 valence electrons. The van der Waals surface area contributed by atoms with Crippen molar-refractivity contribution in [2.24, 2.45) is 11.7 Å². The number of allylic oxidation sites excluding steroid dienone is 1. The number of carboxylic acid groups (broad SMARTS) is 1. The zero-order valence-corrected chi connectivity index (χ0v) is 19.7. The summed E-state index contributed by atoms with van der Waals surface area (Å²) in [5.74, 6) is -3.90. The van der Waals surface area contributed by atoms with E-state index in [1.807, 2.05) is 19.1 Å². The summed E-state index contributed by atoms with van der Waals surface area (Å²) < 4.78 is 43.7. The van der Waals surface area contributed by atoms with Crippen molar-refractivity contribution in [3.05, 3.63) is 24.5 Å². The first-order valence-electron chi connectivity index (χ1n) is 11.7. The summed E-state index contributed by atoms with van der Waals surface area (Å²) in [5, 5.41) is 20.7. The van der Waals surface area contributed by atoms with Gasteiger partial charge in [0.05, 0.1) is 18.2 Å². The largest absolute Gasteiger partial charge is 0.497 e. The Morgan fingerprint density at radius 1 is 1.31 bits per heavy atom. The summed E-state index contributed by atoms with van der Waals surface area (Å²) in [4.78, 5) is 36.5. The number of aliphatic hydroxyl groups excluding tert-OH is 1. The number of aliphatic carboxylic acids is 1. The van der Waals surface area contributed by atoms with Crippen molar-refractivity contribution in [3.63, 3.8) is 0 Å². The van der Waals surface area contributed by atoms with Crippen LogP contribution in [0.1, 0.15) is 51.9 Å². The van der Waals surface area contributed by atoms with Crippen LogP contribution < -0.4 is 11.1 Å². The van der Waals surface area contributed by atoms with Gasteiger partial charge in [-0.15, -0.1) is 0 Å². The zero-order valence-electron chi connectivity index (χ0n) is 19.7. The number of nitrogens with two attached hydrogens (primary N) is 1. The van der Waals surface area contributed by atoms with Crippen LogP contribution >= 0.6 is 0 Å². The standard InChI is InChI=1S/C23H34F3N3O6/c1-3-35-14(2)22(27)12-15(22)9-7-5-4-6-8-10-17(28-21(34)23(24,25)26)19(31)29-13-16(30)11-18(29)20(32)33/h7,9,15-18,30H,2-6,8,10-13,27H2,1H3,(H,28,34)(H,32,33)/b9-7-/t15-,16-,17+,18+,22+/m1/s1. The third-order valence-electron chi connectivity index (χ3n) is 6.34. The van der Waals surface area contributed by atoms with Gasteiger partial charge in [0, 0.05) is 18.9 Å². The SMILES string of the molecule is C=C(OCC)[C@@]1(N)C[C@H]1/C=C\CCCCC[C@H](NC(=O)C(F)(F)F)C(=O)N1C[C@H](O)C[C@H]1C(=O)O. The van der Waals surface area contributed by atoms with Gasteiger partial charge in [-0.1, -0.05) is 31.6 Å². The molecule has 0 spiro atoms. The van der Waals surface area contributed by atoms with Gasteiger partial charge in [0.1, 0.15) is 17.8 Å². The van der Waals surface area contributed by atoms with Gasteiger partial charge in [0.25, 0.3) is 0 Å². The monoisotopic (exact) mass is 505 g/mol. The molecule has 9 nitrogen and oxygen atoms in total. The number of unbranched alkanes of at least 4 members (excludes halogenated alkanes) is 3. The smallest absolute Gasteiger partial charge is 0.471 e. The number of likely N-dealkylation sites (tertiary alicyclic amines) is 1. The molecule has 1 heterocycles. The lowest BCUT2D eigenvalue weighted by Gasteiger charge is -2.27. The maximum absolute atomic E-state index is 12.8. The molecule has 0 aromatic rings. The van der Waals surface area contributed by atoms with E-state index in [-0.39, 0.29) is 25.3 Å². The summed E-state index contributed by atoms with van der Waals surface area (Å²) in [6, 6.07) is -2.90. The summed E-state index contributed by atoms with van der Waals surface area (Å²) in [6.07, 6.45) is 0.398. The van der Waals surface area contributed by atoms with E-state index in [9.17, 15) is 37.8 Å². The molecule has 2 aliphatic rings. The van der Waals surface area contributed by atoms with Crippen LogP contribution in [0.3, 0.4) is 0 Å². The number of ether oxygens (including phenoxy) is 1. The molecular weight excluding hydrogens is 471 g/mol. The van der Waals surface area contributed by atoms with Crippen molar-refractivity contribution in [2.45, 2.75) is 81.8 Å².